The molecule has 32 heavy (non-hydrogen) atoms. The number of nitrogens with zero attached hydrogens (tertiary/aromatic N) is 3. The summed E-state index contributed by atoms with van der Waals surface area (Å²) in [5, 5.41) is 4.44. The van der Waals surface area contributed by atoms with Crippen molar-refractivity contribution in [3.8, 4) is 5.69 Å². The number of fused-ring (bicyclic) bond motifs is 1. The number of carbonyl (C=O) groups excluding carboxylic acids is 3. The monoisotopic (exact) mass is 453 g/mol. The lowest BCUT2D eigenvalue weighted by Crippen LogP contribution is -2.51. The number of hydrogen-bond acceptors (Lipinski definition) is 5. The normalized spacial score (nSPS) is 19.7. The number of nitrogens with one attached hydrogen (secondary N) is 2. The van der Waals surface area contributed by atoms with Crippen molar-refractivity contribution in [1.29, 1.82) is 0 Å². The van der Waals surface area contributed by atoms with Gasteiger partial charge < -0.3 is 5.32 Å². The number of benzene rings is 1. The molecule has 168 valence electrons. The zero-order valence-corrected chi connectivity index (χ0v) is 18.7. The standard InChI is InChI=1S/C23H27N5O3S/c29-19(26-28-20(30)23(25-21(28)31)13-7-2-8-14-23)15-32-22-24-17-11-5-6-12-18(17)27(22)16-9-3-1-4-10-16/h1,3-4,9-10H,2,5-8,11-15H2,(H,25,31)(H,26,29). The van der Waals surface area contributed by atoms with Crippen molar-refractivity contribution in [3.05, 3.63) is 41.7 Å². The fourth-order valence-corrected chi connectivity index (χ4v) is 5.80. The second kappa shape index (κ2) is 8.61. The number of aryl methyl sites for hydroxylation is 1. The van der Waals surface area contributed by atoms with Crippen LogP contribution in [-0.4, -0.2) is 43.7 Å². The number of hydrazine groups is 1. The lowest BCUT2D eigenvalue weighted by molar-refractivity contribution is -0.139. The summed E-state index contributed by atoms with van der Waals surface area (Å²) in [6.07, 6.45) is 8.27. The third-order valence-corrected chi connectivity index (χ3v) is 7.49. The predicted octanol–water partition coefficient (Wildman–Crippen LogP) is 3.13. The lowest BCUT2D eigenvalue weighted by atomic mass is 9.82. The van der Waals surface area contributed by atoms with Gasteiger partial charge in [-0.1, -0.05) is 49.2 Å². The Morgan fingerprint density at radius 2 is 1.81 bits per heavy atom. The van der Waals surface area contributed by atoms with Crippen LogP contribution in [0.4, 0.5) is 4.79 Å². The summed E-state index contributed by atoms with van der Waals surface area (Å²) in [7, 11) is 0. The topological polar surface area (TPSA) is 96.3 Å². The molecule has 2 fully saturated rings. The first kappa shape index (κ1) is 21.1. The van der Waals surface area contributed by atoms with Crippen molar-refractivity contribution in [1.82, 2.24) is 25.3 Å². The summed E-state index contributed by atoms with van der Waals surface area (Å²) >= 11 is 1.33. The van der Waals surface area contributed by atoms with Gasteiger partial charge in [0.2, 0.25) is 5.91 Å². The van der Waals surface area contributed by atoms with Crippen LogP contribution in [0.3, 0.4) is 0 Å². The maximum absolute atomic E-state index is 12.9. The first-order chi connectivity index (χ1) is 15.6. The number of imide groups is 1. The van der Waals surface area contributed by atoms with Gasteiger partial charge in [0, 0.05) is 11.4 Å². The Bertz CT molecular complexity index is 1050. The van der Waals surface area contributed by atoms with Crippen molar-refractivity contribution < 1.29 is 14.4 Å². The molecule has 1 spiro atoms. The molecule has 1 aliphatic heterocycles. The molecular formula is C23H27N5O3S. The van der Waals surface area contributed by atoms with E-state index in [9.17, 15) is 14.4 Å². The Morgan fingerprint density at radius 1 is 1.06 bits per heavy atom. The Morgan fingerprint density at radius 3 is 2.59 bits per heavy atom. The van der Waals surface area contributed by atoms with Crippen LogP contribution in [0.5, 0.6) is 0 Å². The highest BCUT2D eigenvalue weighted by molar-refractivity contribution is 7.99. The second-order valence-electron chi connectivity index (χ2n) is 8.70. The van der Waals surface area contributed by atoms with Gasteiger partial charge in [0.15, 0.2) is 5.16 Å². The second-order valence-corrected chi connectivity index (χ2v) is 9.65. The molecule has 0 atom stereocenters. The van der Waals surface area contributed by atoms with Gasteiger partial charge in [-0.05, 0) is 50.7 Å². The van der Waals surface area contributed by atoms with Crippen LogP contribution in [0.1, 0.15) is 56.3 Å². The molecule has 0 unspecified atom stereocenters. The van der Waals surface area contributed by atoms with E-state index in [1.54, 1.807) is 0 Å². The molecule has 5 rings (SSSR count). The number of aromatic nitrogens is 2. The summed E-state index contributed by atoms with van der Waals surface area (Å²) in [5.41, 5.74) is 5.00. The van der Waals surface area contributed by atoms with E-state index < -0.39 is 17.5 Å². The fourth-order valence-electron chi connectivity index (χ4n) is 4.96. The minimum atomic E-state index is -0.849. The summed E-state index contributed by atoms with van der Waals surface area (Å²) in [4.78, 5) is 42.8. The molecule has 1 aromatic carbocycles. The van der Waals surface area contributed by atoms with Crippen molar-refractivity contribution >= 4 is 29.6 Å². The van der Waals surface area contributed by atoms with Gasteiger partial charge in [0.05, 0.1) is 11.4 Å². The molecule has 2 heterocycles. The van der Waals surface area contributed by atoms with E-state index in [2.05, 4.69) is 15.3 Å². The quantitative estimate of drug-likeness (QED) is 0.536. The van der Waals surface area contributed by atoms with Crippen LogP contribution >= 0.6 is 11.8 Å². The number of thioether (sulfide) groups is 1. The number of hydrogen-bond donors (Lipinski definition) is 2. The van der Waals surface area contributed by atoms with Gasteiger partial charge in [0.25, 0.3) is 5.91 Å². The van der Waals surface area contributed by atoms with E-state index in [1.165, 1.54) is 17.5 Å². The summed E-state index contributed by atoms with van der Waals surface area (Å²) in [6.45, 7) is 0. The Kier molecular flexibility index (Phi) is 5.67. The summed E-state index contributed by atoms with van der Waals surface area (Å²) in [6, 6.07) is 9.49. The fraction of sp³-hybridized carbons (Fsp3) is 0.478. The van der Waals surface area contributed by atoms with Crippen molar-refractivity contribution in [2.45, 2.75) is 68.5 Å². The highest BCUT2D eigenvalue weighted by Crippen LogP contribution is 2.33. The van der Waals surface area contributed by atoms with Gasteiger partial charge in [0.1, 0.15) is 5.54 Å². The van der Waals surface area contributed by atoms with Gasteiger partial charge in [-0.25, -0.2) is 9.78 Å². The van der Waals surface area contributed by atoms with Gasteiger partial charge in [-0.3, -0.25) is 19.6 Å². The summed E-state index contributed by atoms with van der Waals surface area (Å²) < 4.78 is 2.14. The first-order valence-electron chi connectivity index (χ1n) is 11.3. The number of urea groups is 1. The van der Waals surface area contributed by atoms with Crippen molar-refractivity contribution in [3.63, 3.8) is 0 Å². The van der Waals surface area contributed by atoms with Crippen LogP contribution in [-0.2, 0) is 22.4 Å². The number of amides is 4. The highest BCUT2D eigenvalue weighted by Gasteiger charge is 2.52. The molecule has 2 aromatic rings. The van der Waals surface area contributed by atoms with Crippen molar-refractivity contribution in [2.24, 2.45) is 0 Å². The minimum absolute atomic E-state index is 0.0623. The van der Waals surface area contributed by atoms with Gasteiger partial charge in [-0.2, -0.15) is 5.01 Å². The molecular weight excluding hydrogens is 426 g/mol. The third kappa shape index (κ3) is 3.79. The number of para-hydroxylation sites is 1. The number of rotatable bonds is 5. The van der Waals surface area contributed by atoms with Crippen LogP contribution in [0, 0.1) is 0 Å². The molecule has 1 aromatic heterocycles. The maximum atomic E-state index is 12.9. The Hall–Kier alpha value is -2.81. The van der Waals surface area contributed by atoms with Gasteiger partial charge in [-0.15, -0.1) is 0 Å². The molecule has 0 radical (unpaired) electrons. The van der Waals surface area contributed by atoms with E-state index >= 15 is 0 Å². The molecule has 1 saturated carbocycles. The Labute approximate surface area is 191 Å². The first-order valence-corrected chi connectivity index (χ1v) is 12.3. The molecule has 0 bridgehead atoms. The van der Waals surface area contributed by atoms with E-state index in [4.69, 9.17) is 4.98 Å². The molecule has 2 N–H and O–H groups in total. The maximum Gasteiger partial charge on any atom is 0.344 e. The number of carbonyl (C=O) groups is 3. The van der Waals surface area contributed by atoms with E-state index in [-0.39, 0.29) is 11.7 Å². The van der Waals surface area contributed by atoms with Crippen molar-refractivity contribution in [2.75, 3.05) is 5.75 Å². The lowest BCUT2D eigenvalue weighted by Gasteiger charge is -2.30. The van der Waals surface area contributed by atoms with Crippen LogP contribution in [0.15, 0.2) is 35.5 Å². The highest BCUT2D eigenvalue weighted by atomic mass is 32.2. The molecule has 3 aliphatic rings. The third-order valence-electron chi connectivity index (χ3n) is 6.55. The van der Waals surface area contributed by atoms with E-state index in [0.29, 0.717) is 12.8 Å². The molecule has 8 nitrogen and oxygen atoms in total. The van der Waals surface area contributed by atoms with Crippen LogP contribution in [0.2, 0.25) is 0 Å². The summed E-state index contributed by atoms with van der Waals surface area (Å²) in [5.74, 6) is -0.680. The number of imidazole rings is 1. The zero-order valence-electron chi connectivity index (χ0n) is 17.9. The zero-order chi connectivity index (χ0) is 22.1. The average Bonchev–Trinajstić information content (AvgIpc) is 3.29. The van der Waals surface area contributed by atoms with Crippen LogP contribution < -0.4 is 10.7 Å². The Balaban J connectivity index is 1.29. The SMILES string of the molecule is O=C(CSc1nc2c(n1-c1ccccc1)CCCC2)NN1C(=O)NC2(CCCCC2)C1=O. The molecule has 4 amide bonds. The predicted molar refractivity (Wildman–Crippen MR) is 120 cm³/mol. The van der Waals surface area contributed by atoms with Gasteiger partial charge >= 0.3 is 6.03 Å². The smallest absolute Gasteiger partial charge is 0.322 e. The molecule has 9 heteroatoms. The minimum Gasteiger partial charge on any atom is -0.322 e. The molecule has 1 saturated heterocycles. The largest absolute Gasteiger partial charge is 0.344 e. The van der Waals surface area contributed by atoms with E-state index in [0.717, 1.165) is 66.5 Å². The average molecular weight is 454 g/mol. The molecule has 2 aliphatic carbocycles. The van der Waals surface area contributed by atoms with E-state index in [1.807, 2.05) is 30.3 Å². The van der Waals surface area contributed by atoms with Crippen LogP contribution in [0.25, 0.3) is 5.69 Å².